The first-order chi connectivity index (χ1) is 11.7. The van der Waals surface area contributed by atoms with Crippen LogP contribution in [0.1, 0.15) is 22.8 Å². The van der Waals surface area contributed by atoms with Gasteiger partial charge in [0.25, 0.3) is 15.9 Å². The van der Waals surface area contributed by atoms with Crippen LogP contribution in [0.25, 0.3) is 11.5 Å². The maximum absolute atomic E-state index is 13.0. The van der Waals surface area contributed by atoms with E-state index in [2.05, 4.69) is 19.8 Å². The number of halogens is 1. The van der Waals surface area contributed by atoms with Gasteiger partial charge in [-0.25, -0.2) is 8.42 Å². The lowest BCUT2D eigenvalue weighted by atomic mass is 10.2. The van der Waals surface area contributed by atoms with Crippen LogP contribution in [0.3, 0.4) is 0 Å². The molecular formula is C16H17ClN4O3S. The number of aryl methyl sites for hydroxylation is 3. The Labute approximate surface area is 150 Å². The van der Waals surface area contributed by atoms with E-state index in [9.17, 15) is 8.42 Å². The summed E-state index contributed by atoms with van der Waals surface area (Å²) in [5.74, 6) is 0.581. The van der Waals surface area contributed by atoms with Gasteiger partial charge in [0.15, 0.2) is 5.82 Å². The zero-order chi connectivity index (χ0) is 18.4. The minimum absolute atomic E-state index is 0.0769. The van der Waals surface area contributed by atoms with Crippen molar-refractivity contribution in [2.24, 2.45) is 0 Å². The second-order valence-electron chi connectivity index (χ2n) is 5.74. The molecular weight excluding hydrogens is 364 g/mol. The van der Waals surface area contributed by atoms with Crippen molar-refractivity contribution in [2.75, 3.05) is 4.72 Å². The SMILES string of the molecule is Cc1noc(-c2c(C)[nH]c(C)c2S(=O)(=O)Nc2cccc(Cl)c2C)n1. The van der Waals surface area contributed by atoms with Gasteiger partial charge in [-0.1, -0.05) is 22.8 Å². The van der Waals surface area contributed by atoms with Crippen molar-refractivity contribution in [1.29, 1.82) is 0 Å². The van der Waals surface area contributed by atoms with Crippen LogP contribution < -0.4 is 4.72 Å². The standard InChI is InChI=1S/C16H17ClN4O3S/c1-8-12(17)6-5-7-13(8)21-25(22,23)15-10(3)18-9(2)14(15)16-19-11(4)20-24-16/h5-7,18,21H,1-4H3. The van der Waals surface area contributed by atoms with E-state index in [1.165, 1.54) is 0 Å². The summed E-state index contributed by atoms with van der Waals surface area (Å²) in [6.07, 6.45) is 0. The van der Waals surface area contributed by atoms with Gasteiger partial charge in [-0.15, -0.1) is 0 Å². The molecule has 25 heavy (non-hydrogen) atoms. The Balaban J connectivity index is 2.14. The van der Waals surface area contributed by atoms with Gasteiger partial charge < -0.3 is 9.51 Å². The van der Waals surface area contributed by atoms with Crippen LogP contribution in [-0.4, -0.2) is 23.5 Å². The molecule has 3 aromatic rings. The molecule has 0 spiro atoms. The summed E-state index contributed by atoms with van der Waals surface area (Å²) >= 11 is 6.08. The van der Waals surface area contributed by atoms with E-state index in [0.29, 0.717) is 39.0 Å². The van der Waals surface area contributed by atoms with Gasteiger partial charge in [-0.3, -0.25) is 4.72 Å². The molecule has 0 aliphatic rings. The fourth-order valence-corrected chi connectivity index (χ4v) is 4.41. The van der Waals surface area contributed by atoms with E-state index in [1.807, 2.05) is 0 Å². The molecule has 0 bridgehead atoms. The Bertz CT molecular complexity index is 1050. The minimum atomic E-state index is -3.90. The van der Waals surface area contributed by atoms with Crippen LogP contribution in [-0.2, 0) is 10.0 Å². The van der Waals surface area contributed by atoms with Crippen LogP contribution in [0.2, 0.25) is 5.02 Å². The summed E-state index contributed by atoms with van der Waals surface area (Å²) in [5, 5.41) is 4.22. The molecule has 0 saturated carbocycles. The smallest absolute Gasteiger partial charge is 0.264 e. The maximum atomic E-state index is 13.0. The van der Waals surface area contributed by atoms with Gasteiger partial charge in [-0.2, -0.15) is 4.98 Å². The van der Waals surface area contributed by atoms with Crippen molar-refractivity contribution < 1.29 is 12.9 Å². The van der Waals surface area contributed by atoms with Crippen LogP contribution in [0, 0.1) is 27.7 Å². The normalized spacial score (nSPS) is 11.7. The number of nitrogens with zero attached hydrogens (tertiary/aromatic N) is 2. The van der Waals surface area contributed by atoms with E-state index < -0.39 is 10.0 Å². The molecule has 2 aromatic heterocycles. The molecule has 0 radical (unpaired) electrons. The number of benzene rings is 1. The predicted octanol–water partition coefficient (Wildman–Crippen LogP) is 3.75. The molecule has 3 rings (SSSR count). The summed E-state index contributed by atoms with van der Waals surface area (Å²) in [7, 11) is -3.90. The number of nitrogens with one attached hydrogen (secondary N) is 2. The highest BCUT2D eigenvalue weighted by atomic mass is 35.5. The highest BCUT2D eigenvalue weighted by Gasteiger charge is 2.29. The summed E-state index contributed by atoms with van der Waals surface area (Å²) in [6.45, 7) is 6.85. The average Bonchev–Trinajstić information content (AvgIpc) is 3.06. The van der Waals surface area contributed by atoms with Crippen LogP contribution >= 0.6 is 11.6 Å². The topological polar surface area (TPSA) is 101 Å². The fraction of sp³-hybridized carbons (Fsp3) is 0.250. The second kappa shape index (κ2) is 6.20. The van der Waals surface area contributed by atoms with Crippen molar-refractivity contribution in [3.63, 3.8) is 0 Å². The van der Waals surface area contributed by atoms with Crippen molar-refractivity contribution in [2.45, 2.75) is 32.6 Å². The zero-order valence-corrected chi connectivity index (χ0v) is 15.7. The number of hydrogen-bond acceptors (Lipinski definition) is 5. The first-order valence-electron chi connectivity index (χ1n) is 7.48. The fourth-order valence-electron chi connectivity index (χ4n) is 2.66. The Kier molecular flexibility index (Phi) is 4.34. The van der Waals surface area contributed by atoms with Crippen LogP contribution in [0.15, 0.2) is 27.6 Å². The third kappa shape index (κ3) is 3.14. The number of rotatable bonds is 4. The highest BCUT2D eigenvalue weighted by molar-refractivity contribution is 7.93. The zero-order valence-electron chi connectivity index (χ0n) is 14.1. The average molecular weight is 381 g/mol. The Morgan fingerprint density at radius 3 is 2.52 bits per heavy atom. The number of aromatic nitrogens is 3. The molecule has 0 saturated heterocycles. The summed E-state index contributed by atoms with van der Waals surface area (Å²) in [5.41, 5.74) is 2.54. The molecule has 0 aliphatic heterocycles. The van der Waals surface area contributed by atoms with Gasteiger partial charge >= 0.3 is 0 Å². The quantitative estimate of drug-likeness (QED) is 0.717. The Morgan fingerprint density at radius 2 is 1.88 bits per heavy atom. The number of hydrogen-bond donors (Lipinski definition) is 2. The number of H-pyrrole nitrogens is 1. The maximum Gasteiger partial charge on any atom is 0.264 e. The van der Waals surface area contributed by atoms with Crippen molar-refractivity contribution in [3.05, 3.63) is 46.0 Å². The van der Waals surface area contributed by atoms with Gasteiger partial charge in [0.1, 0.15) is 4.90 Å². The Hall–Kier alpha value is -2.32. The summed E-state index contributed by atoms with van der Waals surface area (Å²) in [6, 6.07) is 5.04. The Morgan fingerprint density at radius 1 is 1.16 bits per heavy atom. The number of anilines is 1. The van der Waals surface area contributed by atoms with Crippen molar-refractivity contribution in [1.82, 2.24) is 15.1 Å². The van der Waals surface area contributed by atoms with E-state index >= 15 is 0 Å². The molecule has 0 amide bonds. The monoisotopic (exact) mass is 380 g/mol. The van der Waals surface area contributed by atoms with Crippen molar-refractivity contribution >= 4 is 27.3 Å². The third-order valence-electron chi connectivity index (χ3n) is 3.84. The predicted molar refractivity (Wildman–Crippen MR) is 95.3 cm³/mol. The third-order valence-corrected chi connectivity index (χ3v) is 5.79. The summed E-state index contributed by atoms with van der Waals surface area (Å²) in [4.78, 5) is 7.26. The lowest BCUT2D eigenvalue weighted by Gasteiger charge is -2.12. The lowest BCUT2D eigenvalue weighted by molar-refractivity contribution is 0.424. The van der Waals surface area contributed by atoms with Crippen LogP contribution in [0.5, 0.6) is 0 Å². The molecule has 7 nitrogen and oxygen atoms in total. The molecule has 9 heteroatoms. The molecule has 2 N–H and O–H groups in total. The first kappa shape index (κ1) is 17.5. The van der Waals surface area contributed by atoms with E-state index in [-0.39, 0.29) is 10.8 Å². The molecule has 132 valence electrons. The van der Waals surface area contributed by atoms with Crippen molar-refractivity contribution in [3.8, 4) is 11.5 Å². The molecule has 0 atom stereocenters. The molecule has 1 aromatic carbocycles. The molecule has 0 fully saturated rings. The van der Waals surface area contributed by atoms with E-state index in [0.717, 1.165) is 0 Å². The number of aromatic amines is 1. The second-order valence-corrected chi connectivity index (χ2v) is 7.77. The van der Waals surface area contributed by atoms with Gasteiger partial charge in [0.05, 0.1) is 11.3 Å². The first-order valence-corrected chi connectivity index (χ1v) is 9.34. The van der Waals surface area contributed by atoms with Crippen LogP contribution in [0.4, 0.5) is 5.69 Å². The van der Waals surface area contributed by atoms with Gasteiger partial charge in [-0.05, 0) is 45.4 Å². The summed E-state index contributed by atoms with van der Waals surface area (Å²) < 4.78 is 33.8. The molecule has 2 heterocycles. The molecule has 0 unspecified atom stereocenters. The largest absolute Gasteiger partial charge is 0.361 e. The highest BCUT2D eigenvalue weighted by Crippen LogP contribution is 2.34. The lowest BCUT2D eigenvalue weighted by Crippen LogP contribution is -2.15. The van der Waals surface area contributed by atoms with E-state index in [4.69, 9.17) is 16.1 Å². The van der Waals surface area contributed by atoms with Gasteiger partial charge in [0, 0.05) is 16.4 Å². The molecule has 0 aliphatic carbocycles. The van der Waals surface area contributed by atoms with E-state index in [1.54, 1.807) is 45.9 Å². The van der Waals surface area contributed by atoms with Gasteiger partial charge in [0.2, 0.25) is 0 Å². The minimum Gasteiger partial charge on any atom is -0.361 e. The number of sulfonamides is 1.